The second kappa shape index (κ2) is 10.1. The summed E-state index contributed by atoms with van der Waals surface area (Å²) in [5.41, 5.74) is 3.48. The van der Waals surface area contributed by atoms with Crippen LogP contribution in [0.25, 0.3) is 11.1 Å². The molecule has 0 aromatic heterocycles. The molecule has 5 nitrogen and oxygen atoms in total. The Labute approximate surface area is 177 Å². The van der Waals surface area contributed by atoms with Gasteiger partial charge >= 0.3 is 0 Å². The van der Waals surface area contributed by atoms with Crippen molar-refractivity contribution >= 4 is 11.6 Å². The zero-order valence-corrected chi connectivity index (χ0v) is 17.2. The highest BCUT2D eigenvalue weighted by Gasteiger charge is 2.15. The third-order valence-electron chi connectivity index (χ3n) is 4.81. The van der Waals surface area contributed by atoms with Crippen molar-refractivity contribution in [2.24, 2.45) is 0 Å². The Morgan fingerprint density at radius 1 is 1.00 bits per heavy atom. The second-order valence-corrected chi connectivity index (χ2v) is 6.77. The molecule has 0 saturated carbocycles. The maximum Gasteiger partial charge on any atom is 0.226 e. The van der Waals surface area contributed by atoms with Gasteiger partial charge in [-0.25, -0.2) is 0 Å². The second-order valence-electron chi connectivity index (χ2n) is 6.77. The fraction of sp³-hybridized carbons (Fsp3) is 0.200. The van der Waals surface area contributed by atoms with E-state index in [2.05, 4.69) is 6.07 Å². The minimum atomic E-state index is 0.0220. The number of nitriles is 1. The minimum Gasteiger partial charge on any atom is -0.493 e. The van der Waals surface area contributed by atoms with Crippen LogP contribution in [0.1, 0.15) is 18.4 Å². The van der Waals surface area contributed by atoms with Crippen LogP contribution in [-0.2, 0) is 4.79 Å². The Morgan fingerprint density at radius 3 is 2.47 bits per heavy atom. The molecule has 0 aliphatic heterocycles. The van der Waals surface area contributed by atoms with E-state index in [-0.39, 0.29) is 5.91 Å². The first-order valence-electron chi connectivity index (χ1n) is 9.76. The molecule has 0 aliphatic rings. The van der Waals surface area contributed by atoms with Gasteiger partial charge in [-0.2, -0.15) is 5.26 Å². The smallest absolute Gasteiger partial charge is 0.226 e. The Hall–Kier alpha value is -3.78. The monoisotopic (exact) mass is 400 g/mol. The number of ether oxygens (including phenoxy) is 2. The van der Waals surface area contributed by atoms with Crippen molar-refractivity contribution in [3.63, 3.8) is 0 Å². The molecule has 0 atom stereocenters. The Balaban J connectivity index is 1.60. The van der Waals surface area contributed by atoms with Crippen molar-refractivity contribution in [1.29, 1.82) is 5.26 Å². The predicted octanol–water partition coefficient (Wildman–Crippen LogP) is 5.06. The van der Waals surface area contributed by atoms with E-state index in [1.54, 1.807) is 30.1 Å². The number of anilines is 1. The van der Waals surface area contributed by atoms with Crippen molar-refractivity contribution < 1.29 is 14.3 Å². The zero-order chi connectivity index (χ0) is 21.3. The number of rotatable bonds is 8. The lowest BCUT2D eigenvalue weighted by Crippen LogP contribution is -2.26. The SMILES string of the molecule is COc1cc(C#N)ccc1OCCCC(=O)N(C)c1ccccc1-c1ccccc1. The molecule has 0 N–H and O–H groups in total. The minimum absolute atomic E-state index is 0.0220. The Morgan fingerprint density at radius 2 is 1.73 bits per heavy atom. The quantitative estimate of drug-likeness (QED) is 0.496. The van der Waals surface area contributed by atoms with Gasteiger partial charge in [0.1, 0.15) is 0 Å². The molecule has 3 aromatic carbocycles. The lowest BCUT2D eigenvalue weighted by molar-refractivity contribution is -0.118. The van der Waals surface area contributed by atoms with E-state index < -0.39 is 0 Å². The average molecular weight is 400 g/mol. The normalized spacial score (nSPS) is 10.2. The average Bonchev–Trinajstić information content (AvgIpc) is 2.81. The maximum atomic E-state index is 12.8. The van der Waals surface area contributed by atoms with Crippen LogP contribution in [0.4, 0.5) is 5.69 Å². The Kier molecular flexibility index (Phi) is 7.07. The zero-order valence-electron chi connectivity index (χ0n) is 17.2. The highest BCUT2D eigenvalue weighted by Crippen LogP contribution is 2.31. The van der Waals surface area contributed by atoms with Crippen LogP contribution in [0.3, 0.4) is 0 Å². The molecular weight excluding hydrogens is 376 g/mol. The van der Waals surface area contributed by atoms with Crippen molar-refractivity contribution in [2.75, 3.05) is 25.7 Å². The maximum absolute atomic E-state index is 12.8. The highest BCUT2D eigenvalue weighted by atomic mass is 16.5. The van der Waals surface area contributed by atoms with Gasteiger partial charge in [-0.15, -0.1) is 0 Å². The first-order valence-corrected chi connectivity index (χ1v) is 9.76. The van der Waals surface area contributed by atoms with Gasteiger partial charge in [0.05, 0.1) is 31.0 Å². The van der Waals surface area contributed by atoms with Crippen LogP contribution < -0.4 is 14.4 Å². The van der Waals surface area contributed by atoms with E-state index >= 15 is 0 Å². The standard InChI is InChI=1S/C25H24N2O3/c1-27(22-12-7-6-11-21(22)20-9-4-3-5-10-20)25(28)13-8-16-30-23-15-14-19(18-26)17-24(23)29-2/h3-7,9-12,14-15,17H,8,13,16H2,1-2H3. The summed E-state index contributed by atoms with van der Waals surface area (Å²) in [6.07, 6.45) is 0.929. The van der Waals surface area contributed by atoms with Crippen LogP contribution in [0.5, 0.6) is 11.5 Å². The van der Waals surface area contributed by atoms with Gasteiger partial charge < -0.3 is 14.4 Å². The molecule has 0 aliphatic carbocycles. The number of hydrogen-bond donors (Lipinski definition) is 0. The largest absolute Gasteiger partial charge is 0.493 e. The van der Waals surface area contributed by atoms with Gasteiger partial charge in [-0.1, -0.05) is 48.5 Å². The van der Waals surface area contributed by atoms with Crippen LogP contribution in [0.2, 0.25) is 0 Å². The molecule has 152 valence electrons. The van der Waals surface area contributed by atoms with Crippen molar-refractivity contribution in [1.82, 2.24) is 0 Å². The number of benzene rings is 3. The third kappa shape index (κ3) is 4.98. The van der Waals surface area contributed by atoms with Crippen molar-refractivity contribution in [2.45, 2.75) is 12.8 Å². The molecule has 0 fully saturated rings. The lowest BCUT2D eigenvalue weighted by atomic mass is 10.0. The van der Waals surface area contributed by atoms with Gasteiger partial charge in [0.2, 0.25) is 5.91 Å². The summed E-state index contributed by atoms with van der Waals surface area (Å²) in [7, 11) is 3.33. The van der Waals surface area contributed by atoms with E-state index in [1.807, 2.05) is 54.6 Å². The molecule has 5 heteroatoms. The molecule has 0 spiro atoms. The van der Waals surface area contributed by atoms with E-state index in [9.17, 15) is 4.79 Å². The first kappa shape index (κ1) is 20.9. The van der Waals surface area contributed by atoms with Crippen LogP contribution in [0, 0.1) is 11.3 Å². The molecule has 3 aromatic rings. The Bertz CT molecular complexity index is 1040. The summed E-state index contributed by atoms with van der Waals surface area (Å²) in [5.74, 6) is 1.09. The number of hydrogen-bond acceptors (Lipinski definition) is 4. The van der Waals surface area contributed by atoms with E-state index in [0.29, 0.717) is 36.5 Å². The van der Waals surface area contributed by atoms with Gasteiger partial charge in [0.25, 0.3) is 0 Å². The van der Waals surface area contributed by atoms with Crippen LogP contribution >= 0.6 is 0 Å². The molecule has 1 amide bonds. The van der Waals surface area contributed by atoms with Crippen LogP contribution in [0.15, 0.2) is 72.8 Å². The molecule has 0 unspecified atom stereocenters. The molecule has 3 rings (SSSR count). The first-order chi connectivity index (χ1) is 14.6. The number of amides is 1. The van der Waals surface area contributed by atoms with Crippen molar-refractivity contribution in [3.8, 4) is 28.7 Å². The summed E-state index contributed by atoms with van der Waals surface area (Å²) in [6.45, 7) is 0.377. The van der Waals surface area contributed by atoms with E-state index in [1.165, 1.54) is 7.11 Å². The molecule has 0 bridgehead atoms. The predicted molar refractivity (Wildman–Crippen MR) is 118 cm³/mol. The topological polar surface area (TPSA) is 62.6 Å². The summed E-state index contributed by atoms with van der Waals surface area (Å²) < 4.78 is 11.0. The number of carbonyl (C=O) groups excluding carboxylic acids is 1. The summed E-state index contributed by atoms with van der Waals surface area (Å²) >= 11 is 0. The fourth-order valence-corrected chi connectivity index (χ4v) is 3.19. The number of para-hydroxylation sites is 1. The van der Waals surface area contributed by atoms with E-state index in [4.69, 9.17) is 14.7 Å². The molecule has 0 radical (unpaired) electrons. The molecule has 0 saturated heterocycles. The number of nitrogens with zero attached hydrogens (tertiary/aromatic N) is 2. The number of methoxy groups -OCH3 is 1. The van der Waals surface area contributed by atoms with Gasteiger partial charge in [-0.05, 0) is 30.2 Å². The van der Waals surface area contributed by atoms with Crippen LogP contribution in [-0.4, -0.2) is 26.7 Å². The molecular formula is C25H24N2O3. The van der Waals surface area contributed by atoms with Gasteiger partial charge in [-0.3, -0.25) is 4.79 Å². The summed E-state index contributed by atoms with van der Waals surface area (Å²) in [6, 6.07) is 25.0. The van der Waals surface area contributed by atoms with Crippen molar-refractivity contribution in [3.05, 3.63) is 78.4 Å². The third-order valence-corrected chi connectivity index (χ3v) is 4.81. The molecule has 0 heterocycles. The summed E-state index contributed by atoms with van der Waals surface area (Å²) in [5, 5.41) is 8.97. The summed E-state index contributed by atoms with van der Waals surface area (Å²) in [4.78, 5) is 14.5. The number of carbonyl (C=O) groups is 1. The molecule has 30 heavy (non-hydrogen) atoms. The highest BCUT2D eigenvalue weighted by molar-refractivity contribution is 5.97. The fourth-order valence-electron chi connectivity index (χ4n) is 3.19. The lowest BCUT2D eigenvalue weighted by Gasteiger charge is -2.21. The van der Waals surface area contributed by atoms with Gasteiger partial charge in [0.15, 0.2) is 11.5 Å². The van der Waals surface area contributed by atoms with E-state index in [0.717, 1.165) is 16.8 Å². The van der Waals surface area contributed by atoms with Gasteiger partial charge in [0, 0.05) is 25.1 Å².